The number of hydrogen-bond donors (Lipinski definition) is 3. The Bertz CT molecular complexity index is 447. The van der Waals surface area contributed by atoms with Gasteiger partial charge >= 0.3 is 0 Å². The van der Waals surface area contributed by atoms with Gasteiger partial charge in [-0.3, -0.25) is 0 Å². The lowest BCUT2D eigenvalue weighted by Crippen LogP contribution is -2.39. The summed E-state index contributed by atoms with van der Waals surface area (Å²) >= 11 is 1.59. The van der Waals surface area contributed by atoms with Gasteiger partial charge in [-0.2, -0.15) is 11.3 Å². The first-order valence-electron chi connectivity index (χ1n) is 8.02. The quantitative estimate of drug-likeness (QED) is 0.409. The van der Waals surface area contributed by atoms with E-state index in [-0.39, 0.29) is 0 Å². The van der Waals surface area contributed by atoms with Crippen LogP contribution in [0.3, 0.4) is 0 Å². The van der Waals surface area contributed by atoms with Gasteiger partial charge in [-0.15, -0.1) is 0 Å². The molecule has 5 heteroatoms. The van der Waals surface area contributed by atoms with Gasteiger partial charge in [0, 0.05) is 13.1 Å². The maximum atomic E-state index is 10.5. The number of aliphatic imine (C=N–C) groups is 1. The van der Waals surface area contributed by atoms with Crippen molar-refractivity contribution in [1.82, 2.24) is 10.6 Å². The molecule has 126 valence electrons. The van der Waals surface area contributed by atoms with E-state index in [0.29, 0.717) is 12.0 Å². The van der Waals surface area contributed by atoms with Gasteiger partial charge in [-0.1, -0.05) is 20.8 Å². The third-order valence-corrected chi connectivity index (χ3v) is 4.11. The fraction of sp³-hybridized carbons (Fsp3) is 0.706. The molecule has 0 saturated heterocycles. The van der Waals surface area contributed by atoms with Crippen molar-refractivity contribution in [2.75, 3.05) is 19.6 Å². The average Bonchev–Trinajstić information content (AvgIpc) is 2.94. The van der Waals surface area contributed by atoms with Gasteiger partial charge in [-0.05, 0) is 54.5 Å². The molecule has 0 spiro atoms. The Morgan fingerprint density at radius 2 is 2.00 bits per heavy atom. The van der Waals surface area contributed by atoms with Gasteiger partial charge < -0.3 is 15.7 Å². The zero-order valence-electron chi connectivity index (χ0n) is 14.6. The molecular weight excluding hydrogens is 294 g/mol. The van der Waals surface area contributed by atoms with Crippen molar-refractivity contribution < 1.29 is 5.11 Å². The van der Waals surface area contributed by atoms with Crippen LogP contribution >= 0.6 is 11.3 Å². The smallest absolute Gasteiger partial charge is 0.191 e. The molecule has 1 aromatic heterocycles. The molecular formula is C17H31N3OS. The highest BCUT2D eigenvalue weighted by Crippen LogP contribution is 2.23. The fourth-order valence-electron chi connectivity index (χ4n) is 2.06. The van der Waals surface area contributed by atoms with Crippen molar-refractivity contribution in [3.63, 3.8) is 0 Å². The molecule has 1 atom stereocenters. The molecule has 0 saturated carbocycles. The average molecular weight is 326 g/mol. The molecule has 1 unspecified atom stereocenters. The van der Waals surface area contributed by atoms with E-state index in [1.165, 1.54) is 6.42 Å². The van der Waals surface area contributed by atoms with Gasteiger partial charge in [0.15, 0.2) is 5.96 Å². The zero-order chi connectivity index (χ0) is 16.6. The van der Waals surface area contributed by atoms with E-state index >= 15 is 0 Å². The lowest BCUT2D eigenvalue weighted by Gasteiger charge is -2.21. The Labute approximate surface area is 139 Å². The number of nitrogens with one attached hydrogen (secondary N) is 2. The standard InChI is InChI=1S/C17H31N3OS/c1-6-18-15(19-10-7-9-16(2,3)4)20-13-17(5,21)14-8-11-22-12-14/h8,11-12,21H,6-7,9-10,13H2,1-5H3,(H2,18,19,20). The molecule has 4 nitrogen and oxygen atoms in total. The van der Waals surface area contributed by atoms with E-state index in [2.05, 4.69) is 36.4 Å². The monoisotopic (exact) mass is 325 g/mol. The third-order valence-electron chi connectivity index (χ3n) is 3.43. The summed E-state index contributed by atoms with van der Waals surface area (Å²) in [5.41, 5.74) is 0.359. The van der Waals surface area contributed by atoms with Gasteiger partial charge in [0.25, 0.3) is 0 Å². The summed E-state index contributed by atoms with van der Waals surface area (Å²) in [5.74, 6) is 0.770. The van der Waals surface area contributed by atoms with E-state index in [1.807, 2.05) is 30.7 Å². The van der Waals surface area contributed by atoms with E-state index in [0.717, 1.165) is 31.0 Å². The predicted octanol–water partition coefficient (Wildman–Crippen LogP) is 3.34. The number of thiophene rings is 1. The Morgan fingerprint density at radius 3 is 2.55 bits per heavy atom. The van der Waals surface area contributed by atoms with Crippen LogP contribution in [0.2, 0.25) is 0 Å². The van der Waals surface area contributed by atoms with E-state index in [1.54, 1.807) is 11.3 Å². The molecule has 0 aliphatic rings. The predicted molar refractivity (Wildman–Crippen MR) is 96.6 cm³/mol. The van der Waals surface area contributed by atoms with Crippen LogP contribution < -0.4 is 10.6 Å². The summed E-state index contributed by atoms with van der Waals surface area (Å²) < 4.78 is 0. The van der Waals surface area contributed by atoms with Crippen LogP contribution in [0.25, 0.3) is 0 Å². The maximum Gasteiger partial charge on any atom is 0.191 e. The molecule has 1 heterocycles. The Kier molecular flexibility index (Phi) is 7.36. The first kappa shape index (κ1) is 19.0. The maximum absolute atomic E-state index is 10.5. The summed E-state index contributed by atoms with van der Waals surface area (Å²) in [6.45, 7) is 12.7. The van der Waals surface area contributed by atoms with Crippen LogP contribution in [0.5, 0.6) is 0 Å². The second kappa shape index (κ2) is 8.53. The van der Waals surface area contributed by atoms with Crippen LogP contribution in [-0.2, 0) is 5.60 Å². The number of guanidine groups is 1. The summed E-state index contributed by atoms with van der Waals surface area (Å²) in [5, 5.41) is 21.0. The largest absolute Gasteiger partial charge is 0.383 e. The van der Waals surface area contributed by atoms with Crippen LogP contribution in [0, 0.1) is 5.41 Å². The molecule has 0 fully saturated rings. The minimum absolute atomic E-state index is 0.346. The minimum Gasteiger partial charge on any atom is -0.383 e. The zero-order valence-corrected chi connectivity index (χ0v) is 15.4. The fourth-order valence-corrected chi connectivity index (χ4v) is 2.85. The second-order valence-electron chi connectivity index (χ2n) is 7.07. The van der Waals surface area contributed by atoms with Crippen molar-refractivity contribution in [3.8, 4) is 0 Å². The molecule has 22 heavy (non-hydrogen) atoms. The Balaban J connectivity index is 2.51. The molecule has 0 aliphatic heterocycles. The molecule has 0 radical (unpaired) electrons. The first-order chi connectivity index (χ1) is 10.2. The SMILES string of the molecule is CCNC(=NCC(C)(O)c1ccsc1)NCCCC(C)(C)C. The molecule has 0 bridgehead atoms. The van der Waals surface area contributed by atoms with Crippen molar-refractivity contribution in [3.05, 3.63) is 22.4 Å². The third kappa shape index (κ3) is 7.27. The van der Waals surface area contributed by atoms with E-state index < -0.39 is 5.60 Å². The molecule has 1 rings (SSSR count). The molecule has 0 amide bonds. The molecule has 0 aliphatic carbocycles. The van der Waals surface area contributed by atoms with Crippen molar-refractivity contribution in [2.45, 2.75) is 53.1 Å². The highest BCUT2D eigenvalue weighted by Gasteiger charge is 2.23. The molecule has 3 N–H and O–H groups in total. The Hall–Kier alpha value is -1.07. The number of nitrogens with zero attached hydrogens (tertiary/aromatic N) is 1. The lowest BCUT2D eigenvalue weighted by molar-refractivity contribution is 0.0677. The number of rotatable bonds is 7. The van der Waals surface area contributed by atoms with E-state index in [4.69, 9.17) is 0 Å². The van der Waals surface area contributed by atoms with Gasteiger partial charge in [0.1, 0.15) is 5.60 Å². The molecule has 0 aromatic carbocycles. The molecule has 1 aromatic rings. The van der Waals surface area contributed by atoms with Crippen molar-refractivity contribution >= 4 is 17.3 Å². The van der Waals surface area contributed by atoms with Gasteiger partial charge in [0.2, 0.25) is 0 Å². The summed E-state index contributed by atoms with van der Waals surface area (Å²) in [4.78, 5) is 4.52. The Morgan fingerprint density at radius 1 is 1.27 bits per heavy atom. The summed E-state index contributed by atoms with van der Waals surface area (Å²) in [6.07, 6.45) is 2.28. The van der Waals surface area contributed by atoms with Crippen molar-refractivity contribution in [1.29, 1.82) is 0 Å². The first-order valence-corrected chi connectivity index (χ1v) is 8.96. The van der Waals surface area contributed by atoms with Crippen LogP contribution in [0.15, 0.2) is 21.8 Å². The highest BCUT2D eigenvalue weighted by molar-refractivity contribution is 7.08. The van der Waals surface area contributed by atoms with E-state index in [9.17, 15) is 5.11 Å². The van der Waals surface area contributed by atoms with Crippen LogP contribution in [-0.4, -0.2) is 30.7 Å². The summed E-state index contributed by atoms with van der Waals surface area (Å²) in [6, 6.07) is 1.95. The van der Waals surface area contributed by atoms with Crippen LogP contribution in [0.1, 0.15) is 53.0 Å². The van der Waals surface area contributed by atoms with Gasteiger partial charge in [-0.25, -0.2) is 4.99 Å². The summed E-state index contributed by atoms with van der Waals surface area (Å²) in [7, 11) is 0. The lowest BCUT2D eigenvalue weighted by atomic mass is 9.91. The number of aliphatic hydroxyl groups is 1. The normalized spacial score (nSPS) is 15.5. The second-order valence-corrected chi connectivity index (χ2v) is 7.85. The number of hydrogen-bond acceptors (Lipinski definition) is 3. The highest BCUT2D eigenvalue weighted by atomic mass is 32.1. The van der Waals surface area contributed by atoms with Crippen molar-refractivity contribution in [2.24, 2.45) is 10.4 Å². The topological polar surface area (TPSA) is 56.7 Å². The van der Waals surface area contributed by atoms with Crippen LogP contribution in [0.4, 0.5) is 0 Å². The van der Waals surface area contributed by atoms with Gasteiger partial charge in [0.05, 0.1) is 6.54 Å². The minimum atomic E-state index is -0.923.